The van der Waals surface area contributed by atoms with Crippen molar-refractivity contribution in [3.63, 3.8) is 0 Å². The van der Waals surface area contributed by atoms with Crippen LogP contribution in [0.5, 0.6) is 0 Å². The summed E-state index contributed by atoms with van der Waals surface area (Å²) in [5.41, 5.74) is 0.282. The monoisotopic (exact) mass is 402 g/mol. The van der Waals surface area contributed by atoms with Gasteiger partial charge in [-0.15, -0.1) is 0 Å². The molecule has 0 spiro atoms. The van der Waals surface area contributed by atoms with Crippen molar-refractivity contribution in [3.05, 3.63) is 30.1 Å². The van der Waals surface area contributed by atoms with Crippen molar-refractivity contribution in [2.24, 2.45) is 5.41 Å². The molecule has 10 heteroatoms. The number of nitrogens with zero attached hydrogens (tertiary/aromatic N) is 1. The Kier molecular flexibility index (Phi) is 7.64. The Bertz CT molecular complexity index is 643. The van der Waals surface area contributed by atoms with E-state index in [-0.39, 0.29) is 26.2 Å². The zero-order valence-corrected chi connectivity index (χ0v) is 16.8. The molecule has 0 aliphatic carbocycles. The zero-order valence-electron chi connectivity index (χ0n) is 15.8. The molecule has 0 bridgehead atoms. The molecule has 2 heterocycles. The van der Waals surface area contributed by atoms with Gasteiger partial charge in [0.05, 0.1) is 0 Å². The first kappa shape index (κ1) is 21.7. The van der Waals surface area contributed by atoms with Crippen molar-refractivity contribution < 1.29 is 32.8 Å². The van der Waals surface area contributed by atoms with E-state index in [4.69, 9.17) is 13.6 Å². The molecule has 1 aromatic heterocycles. The van der Waals surface area contributed by atoms with E-state index in [0.29, 0.717) is 6.42 Å². The Labute approximate surface area is 159 Å². The molecule has 0 saturated carbocycles. The summed E-state index contributed by atoms with van der Waals surface area (Å²) in [6.07, 6.45) is 2.99. The van der Waals surface area contributed by atoms with E-state index >= 15 is 0 Å². The number of pyridine rings is 1. The van der Waals surface area contributed by atoms with Gasteiger partial charge in [-0.05, 0) is 0 Å². The van der Waals surface area contributed by atoms with Crippen LogP contribution in [0.2, 0.25) is 0 Å². The predicted molar refractivity (Wildman–Crippen MR) is 98.7 cm³/mol. The second-order valence-electron chi connectivity index (χ2n) is 6.88. The van der Waals surface area contributed by atoms with Crippen LogP contribution < -0.4 is 5.32 Å². The molecule has 2 rings (SSSR count). The fourth-order valence-electron chi connectivity index (χ4n) is 2.51. The van der Waals surface area contributed by atoms with E-state index in [1.165, 1.54) is 7.11 Å². The minimum absolute atomic E-state index is 0.0508. The number of carbonyl (C=O) groups excluding carboxylic acids is 2. The molecule has 1 aliphatic rings. The van der Waals surface area contributed by atoms with Crippen LogP contribution in [0.25, 0.3) is 0 Å². The van der Waals surface area contributed by atoms with Crippen molar-refractivity contribution in [2.45, 2.75) is 32.8 Å². The van der Waals surface area contributed by atoms with Gasteiger partial charge in [0.1, 0.15) is 0 Å². The molecule has 2 N–H and O–H groups in total. The molecule has 9 nitrogen and oxygen atoms in total. The molecular formula is C17H27N2O7P. The molecule has 1 aromatic rings. The molecule has 1 aliphatic heterocycles. The quantitative estimate of drug-likeness (QED) is 0.492. The van der Waals surface area contributed by atoms with Crippen LogP contribution >= 0.6 is 8.17 Å². The first-order valence-electron chi connectivity index (χ1n) is 8.67. The van der Waals surface area contributed by atoms with Crippen LogP contribution in [-0.4, -0.2) is 54.7 Å². The Morgan fingerprint density at radius 2 is 2.26 bits per heavy atom. The Balaban J connectivity index is 1.89. The van der Waals surface area contributed by atoms with E-state index in [0.717, 1.165) is 5.56 Å². The van der Waals surface area contributed by atoms with Crippen molar-refractivity contribution in [1.29, 1.82) is 0 Å². The van der Waals surface area contributed by atoms with Crippen LogP contribution in [-0.2, 0) is 34.3 Å². The van der Waals surface area contributed by atoms with Gasteiger partial charge in [-0.1, -0.05) is 0 Å². The number of ether oxygens (including phenoxy) is 1. The van der Waals surface area contributed by atoms with Gasteiger partial charge in [0, 0.05) is 0 Å². The number of amides is 1. The number of hydrogen-bond donors (Lipinski definition) is 2. The average Bonchev–Trinajstić information content (AvgIpc) is 2.64. The maximum atomic E-state index is 12.5. The fourth-order valence-corrected chi connectivity index (χ4v) is 4.36. The van der Waals surface area contributed by atoms with E-state index in [2.05, 4.69) is 15.0 Å². The van der Waals surface area contributed by atoms with E-state index in [9.17, 15) is 14.5 Å². The van der Waals surface area contributed by atoms with Crippen LogP contribution in [0.3, 0.4) is 0 Å². The summed E-state index contributed by atoms with van der Waals surface area (Å²) >= 11 is 0. The number of rotatable bonds is 8. The molecule has 1 atom stereocenters. The van der Waals surface area contributed by atoms with Gasteiger partial charge in [-0.25, -0.2) is 0 Å². The molecule has 0 aromatic carbocycles. The molecule has 1 amide bonds. The third-order valence-electron chi connectivity index (χ3n) is 4.10. The first-order chi connectivity index (χ1) is 12.8. The first-order valence-corrected chi connectivity index (χ1v) is 10.3. The maximum absolute atomic E-state index is 12.5. The predicted octanol–water partition coefficient (Wildman–Crippen LogP) is 1.16. The number of methoxy groups -OCH3 is 1. The molecule has 0 radical (unpaired) electrons. The normalized spacial score (nSPS) is 21.9. The number of aromatic nitrogens is 1. The number of hydrogen-bond acceptors (Lipinski definition) is 8. The summed E-state index contributed by atoms with van der Waals surface area (Å²) in [5.74, 6) is -0.860. The van der Waals surface area contributed by atoms with Crippen LogP contribution in [0.1, 0.15) is 25.8 Å². The van der Waals surface area contributed by atoms with E-state index in [1.807, 2.05) is 12.1 Å². The second kappa shape index (κ2) is 9.52. The molecule has 0 unspecified atom stereocenters. The third kappa shape index (κ3) is 6.48. The van der Waals surface area contributed by atoms with Gasteiger partial charge in [0.2, 0.25) is 0 Å². The molecule has 27 heavy (non-hydrogen) atoms. The van der Waals surface area contributed by atoms with Gasteiger partial charge in [-0.2, -0.15) is 0 Å². The number of esters is 1. The third-order valence-corrected chi connectivity index (χ3v) is 5.71. The zero-order chi connectivity index (χ0) is 19.9. The van der Waals surface area contributed by atoms with E-state index < -0.39 is 31.6 Å². The van der Waals surface area contributed by atoms with Crippen molar-refractivity contribution in [3.8, 4) is 0 Å². The Morgan fingerprint density at radius 3 is 2.93 bits per heavy atom. The topological polar surface area (TPSA) is 116 Å². The fraction of sp³-hybridized carbons (Fsp3) is 0.588. The van der Waals surface area contributed by atoms with Crippen LogP contribution in [0.4, 0.5) is 0 Å². The van der Waals surface area contributed by atoms with Gasteiger partial charge in [0.25, 0.3) is 0 Å². The Morgan fingerprint density at radius 1 is 1.48 bits per heavy atom. The van der Waals surface area contributed by atoms with Crippen LogP contribution in [0, 0.1) is 5.41 Å². The standard InChI is InChI=1S/C17H27N2O7P/c1-17(2)12-25-27(22,24-10-7-13-5-4-8-18-11-13)26-15(17)16(21)19-9-6-14(20)23-3/h4-5,8,11,15,22,27H,6-7,9-10,12H2,1-3H3,(H,19,21)/t15-/m0/s1. The van der Waals surface area contributed by atoms with E-state index in [1.54, 1.807) is 26.2 Å². The second-order valence-corrected chi connectivity index (χ2v) is 8.74. The van der Waals surface area contributed by atoms with Crippen molar-refractivity contribution >= 4 is 20.0 Å². The van der Waals surface area contributed by atoms with Gasteiger partial charge in [0.15, 0.2) is 0 Å². The summed E-state index contributed by atoms with van der Waals surface area (Å²) in [4.78, 5) is 38.2. The summed E-state index contributed by atoms with van der Waals surface area (Å²) in [5, 5.41) is 2.62. The molecule has 1 fully saturated rings. The minimum atomic E-state index is -3.95. The number of nitrogens with one attached hydrogen (secondary N) is 1. The van der Waals surface area contributed by atoms with Crippen LogP contribution in [0.15, 0.2) is 24.5 Å². The van der Waals surface area contributed by atoms with Gasteiger partial charge < -0.3 is 0 Å². The average molecular weight is 402 g/mol. The summed E-state index contributed by atoms with van der Waals surface area (Å²) in [6.45, 7) is 3.98. The molecule has 152 valence electrons. The summed E-state index contributed by atoms with van der Waals surface area (Å²) in [7, 11) is -2.66. The van der Waals surface area contributed by atoms with Crippen molar-refractivity contribution in [1.82, 2.24) is 10.3 Å². The summed E-state index contributed by atoms with van der Waals surface area (Å²) < 4.78 is 21.0. The van der Waals surface area contributed by atoms with Gasteiger partial charge >= 0.3 is 158 Å². The van der Waals surface area contributed by atoms with Crippen molar-refractivity contribution in [2.75, 3.05) is 26.9 Å². The molecule has 1 saturated heterocycles. The summed E-state index contributed by atoms with van der Waals surface area (Å²) in [6, 6.07) is 3.71. The SMILES string of the molecule is COC(=O)CCNC(=O)[C@@H]1O[PH](O)(OCCc2cccnc2)OCC1(C)C. The Hall–Kier alpha value is -1.64. The molecular weight excluding hydrogens is 375 g/mol. The number of carbonyl (C=O) groups is 2. The van der Waals surface area contributed by atoms with Gasteiger partial charge in [-0.3, -0.25) is 0 Å².